The van der Waals surface area contributed by atoms with Crippen LogP contribution < -0.4 is 11.0 Å². The average molecular weight is 434 g/mol. The first-order valence-electron chi connectivity index (χ1n) is 9.49. The third kappa shape index (κ3) is 4.31. The molecule has 31 heavy (non-hydrogen) atoms. The molecule has 2 aromatic carbocycles. The second kappa shape index (κ2) is 8.80. The Morgan fingerprint density at radius 1 is 1.10 bits per heavy atom. The van der Waals surface area contributed by atoms with Crippen LogP contribution in [0.4, 0.5) is 5.00 Å². The first-order chi connectivity index (χ1) is 15.1. The lowest BCUT2D eigenvalue weighted by molar-refractivity contribution is 0.0528. The monoisotopic (exact) mass is 434 g/mol. The number of thiophene rings is 1. The van der Waals surface area contributed by atoms with Crippen LogP contribution in [0.25, 0.3) is 16.1 Å². The van der Waals surface area contributed by atoms with Crippen LogP contribution in [0.1, 0.15) is 27.9 Å². The predicted molar refractivity (Wildman–Crippen MR) is 118 cm³/mol. The molecular weight excluding hydrogens is 416 g/mol. The van der Waals surface area contributed by atoms with Gasteiger partial charge < -0.3 is 10.1 Å². The molecule has 156 valence electrons. The van der Waals surface area contributed by atoms with E-state index in [4.69, 9.17) is 4.74 Å². The van der Waals surface area contributed by atoms with Crippen LogP contribution >= 0.6 is 11.3 Å². The van der Waals surface area contributed by atoms with Gasteiger partial charge in [0.25, 0.3) is 5.91 Å². The zero-order valence-corrected chi connectivity index (χ0v) is 17.3. The minimum absolute atomic E-state index is 0.168. The SMILES string of the molecule is CCOC(=O)c1cc(-c2ccccc2)sc1NC(=O)c1nn(-c2ccccc2)c(=O)[nH]1. The number of nitrogens with zero attached hydrogens (tertiary/aromatic N) is 2. The van der Waals surface area contributed by atoms with Gasteiger partial charge in [-0.2, -0.15) is 4.68 Å². The van der Waals surface area contributed by atoms with E-state index in [0.717, 1.165) is 15.1 Å². The highest BCUT2D eigenvalue weighted by Gasteiger charge is 2.22. The molecule has 2 N–H and O–H groups in total. The Kier molecular flexibility index (Phi) is 5.76. The minimum Gasteiger partial charge on any atom is -0.462 e. The number of carbonyl (C=O) groups excluding carboxylic acids is 2. The summed E-state index contributed by atoms with van der Waals surface area (Å²) in [6.07, 6.45) is 0. The van der Waals surface area contributed by atoms with E-state index in [-0.39, 0.29) is 18.0 Å². The molecule has 8 nitrogen and oxygen atoms in total. The van der Waals surface area contributed by atoms with E-state index >= 15 is 0 Å². The molecule has 0 unspecified atom stereocenters. The molecule has 1 amide bonds. The molecule has 0 atom stereocenters. The van der Waals surface area contributed by atoms with Gasteiger partial charge in [-0.3, -0.25) is 9.78 Å². The molecule has 4 rings (SSSR count). The number of ether oxygens (including phenoxy) is 1. The molecule has 0 saturated carbocycles. The molecule has 2 heterocycles. The lowest BCUT2D eigenvalue weighted by Gasteiger charge is -2.04. The Bertz CT molecular complexity index is 1280. The number of H-pyrrole nitrogens is 1. The molecule has 2 aromatic heterocycles. The third-order valence-corrected chi connectivity index (χ3v) is 5.45. The second-order valence-electron chi connectivity index (χ2n) is 6.42. The summed E-state index contributed by atoms with van der Waals surface area (Å²) in [5.41, 5.74) is 1.12. The zero-order chi connectivity index (χ0) is 21.8. The van der Waals surface area contributed by atoms with Crippen LogP contribution in [0.3, 0.4) is 0 Å². The summed E-state index contributed by atoms with van der Waals surface area (Å²) in [6, 6.07) is 19.9. The van der Waals surface area contributed by atoms with Crippen molar-refractivity contribution in [3.8, 4) is 16.1 Å². The number of carbonyl (C=O) groups is 2. The van der Waals surface area contributed by atoms with E-state index in [2.05, 4.69) is 15.4 Å². The molecule has 9 heteroatoms. The van der Waals surface area contributed by atoms with Crippen molar-refractivity contribution < 1.29 is 14.3 Å². The Morgan fingerprint density at radius 3 is 2.45 bits per heavy atom. The number of benzene rings is 2. The Morgan fingerprint density at radius 2 is 1.77 bits per heavy atom. The minimum atomic E-state index is -0.640. The van der Waals surface area contributed by atoms with Crippen molar-refractivity contribution in [2.24, 2.45) is 0 Å². The van der Waals surface area contributed by atoms with Gasteiger partial charge in [0, 0.05) is 4.88 Å². The van der Waals surface area contributed by atoms with Gasteiger partial charge in [0.15, 0.2) is 0 Å². The fraction of sp³-hybridized carbons (Fsp3) is 0.0909. The van der Waals surface area contributed by atoms with E-state index < -0.39 is 17.6 Å². The number of hydrogen-bond donors (Lipinski definition) is 2. The van der Waals surface area contributed by atoms with Gasteiger partial charge in [0.05, 0.1) is 17.9 Å². The largest absolute Gasteiger partial charge is 0.462 e. The summed E-state index contributed by atoms with van der Waals surface area (Å²) in [5, 5.41) is 7.08. The van der Waals surface area contributed by atoms with E-state index in [9.17, 15) is 14.4 Å². The van der Waals surface area contributed by atoms with Crippen LogP contribution in [0, 0.1) is 0 Å². The Labute approximate surface area is 181 Å². The molecule has 0 aliphatic rings. The Balaban J connectivity index is 1.65. The molecule has 0 aliphatic heterocycles. The summed E-state index contributed by atoms with van der Waals surface area (Å²) in [6.45, 7) is 1.92. The topological polar surface area (TPSA) is 106 Å². The number of anilines is 1. The van der Waals surface area contributed by atoms with Gasteiger partial charge in [0.2, 0.25) is 5.82 Å². The van der Waals surface area contributed by atoms with Gasteiger partial charge in [-0.15, -0.1) is 16.4 Å². The number of para-hydroxylation sites is 1. The first-order valence-corrected chi connectivity index (χ1v) is 10.3. The average Bonchev–Trinajstić information content (AvgIpc) is 3.39. The quantitative estimate of drug-likeness (QED) is 0.450. The van der Waals surface area contributed by atoms with E-state index in [0.29, 0.717) is 10.7 Å². The maximum atomic E-state index is 12.8. The summed E-state index contributed by atoms with van der Waals surface area (Å²) < 4.78 is 6.23. The lowest BCUT2D eigenvalue weighted by atomic mass is 10.1. The van der Waals surface area contributed by atoms with Crippen LogP contribution in [0.2, 0.25) is 0 Å². The van der Waals surface area contributed by atoms with E-state index in [1.165, 1.54) is 11.3 Å². The molecule has 0 fully saturated rings. The Hall–Kier alpha value is -3.98. The lowest BCUT2D eigenvalue weighted by Crippen LogP contribution is -2.16. The van der Waals surface area contributed by atoms with Gasteiger partial charge >= 0.3 is 11.7 Å². The number of nitrogens with one attached hydrogen (secondary N) is 2. The van der Waals surface area contributed by atoms with Crippen LogP contribution in [-0.2, 0) is 4.74 Å². The molecular formula is C22H18N4O4S. The van der Waals surface area contributed by atoms with Crippen molar-refractivity contribution >= 4 is 28.2 Å². The number of rotatable bonds is 6. The van der Waals surface area contributed by atoms with Crippen molar-refractivity contribution in [2.45, 2.75) is 6.92 Å². The maximum Gasteiger partial charge on any atom is 0.348 e. The fourth-order valence-corrected chi connectivity index (χ4v) is 3.97. The number of hydrogen-bond acceptors (Lipinski definition) is 6. The highest BCUT2D eigenvalue weighted by atomic mass is 32.1. The summed E-state index contributed by atoms with van der Waals surface area (Å²) in [5.74, 6) is -1.35. The fourth-order valence-electron chi connectivity index (χ4n) is 2.92. The molecule has 0 aliphatic carbocycles. The van der Waals surface area contributed by atoms with Gasteiger partial charge in [-0.1, -0.05) is 48.5 Å². The van der Waals surface area contributed by atoms with E-state index in [1.54, 1.807) is 37.3 Å². The standard InChI is InChI=1S/C22H18N4O4S/c1-2-30-21(28)16-13-17(14-9-5-3-6-10-14)31-20(16)24-19(27)18-23-22(29)26(25-18)15-11-7-4-8-12-15/h3-13H,2H2,1H3,(H,24,27)(H,23,25,29). The van der Waals surface area contributed by atoms with Gasteiger partial charge in [0.1, 0.15) is 5.00 Å². The summed E-state index contributed by atoms with van der Waals surface area (Å²) in [4.78, 5) is 40.7. The number of esters is 1. The van der Waals surface area contributed by atoms with E-state index in [1.807, 2.05) is 36.4 Å². The van der Waals surface area contributed by atoms with Crippen molar-refractivity contribution in [3.05, 3.63) is 88.6 Å². The molecule has 0 bridgehead atoms. The first kappa shape index (κ1) is 20.3. The second-order valence-corrected chi connectivity index (χ2v) is 7.47. The molecule has 0 saturated heterocycles. The van der Waals surface area contributed by atoms with Crippen molar-refractivity contribution in [2.75, 3.05) is 11.9 Å². The summed E-state index contributed by atoms with van der Waals surface area (Å²) in [7, 11) is 0. The number of aromatic nitrogens is 3. The van der Waals surface area contributed by atoms with Crippen molar-refractivity contribution in [1.29, 1.82) is 0 Å². The molecule has 0 spiro atoms. The van der Waals surface area contributed by atoms with Crippen LogP contribution in [-0.4, -0.2) is 33.2 Å². The predicted octanol–water partition coefficient (Wildman–Crippen LogP) is 3.72. The number of aromatic amines is 1. The number of amides is 1. The van der Waals surface area contributed by atoms with Crippen LogP contribution in [0.15, 0.2) is 71.5 Å². The van der Waals surface area contributed by atoms with Crippen LogP contribution in [0.5, 0.6) is 0 Å². The van der Waals surface area contributed by atoms with Gasteiger partial charge in [-0.05, 0) is 30.7 Å². The van der Waals surface area contributed by atoms with Crippen molar-refractivity contribution in [1.82, 2.24) is 14.8 Å². The highest BCUT2D eigenvalue weighted by molar-refractivity contribution is 7.20. The highest BCUT2D eigenvalue weighted by Crippen LogP contribution is 2.36. The molecule has 4 aromatic rings. The van der Waals surface area contributed by atoms with Crippen molar-refractivity contribution in [3.63, 3.8) is 0 Å². The summed E-state index contributed by atoms with van der Waals surface area (Å²) >= 11 is 1.24. The molecule has 0 radical (unpaired) electrons. The maximum absolute atomic E-state index is 12.8. The normalized spacial score (nSPS) is 10.6. The van der Waals surface area contributed by atoms with Gasteiger partial charge in [-0.25, -0.2) is 9.59 Å². The zero-order valence-electron chi connectivity index (χ0n) is 16.5. The third-order valence-electron chi connectivity index (χ3n) is 4.35. The smallest absolute Gasteiger partial charge is 0.348 e.